The summed E-state index contributed by atoms with van der Waals surface area (Å²) in [6.07, 6.45) is 16.2. The van der Waals surface area contributed by atoms with Gasteiger partial charge in [0.1, 0.15) is 17.1 Å². The summed E-state index contributed by atoms with van der Waals surface area (Å²) in [4.78, 5) is 4.18. The van der Waals surface area contributed by atoms with Crippen molar-refractivity contribution in [3.63, 3.8) is 0 Å². The molecule has 1 aromatic heterocycles. The van der Waals surface area contributed by atoms with Gasteiger partial charge < -0.3 is 14.4 Å². The van der Waals surface area contributed by atoms with E-state index < -0.39 is 0 Å². The summed E-state index contributed by atoms with van der Waals surface area (Å²) in [5.41, 5.74) is 3.36. The Labute approximate surface area is 205 Å². The Morgan fingerprint density at radius 1 is 1.21 bits per heavy atom. The minimum Gasteiger partial charge on any atom is -0.508 e. The number of halogens is 1. The monoisotopic (exact) mass is 472 g/mol. The molecule has 4 rings (SSSR count). The van der Waals surface area contributed by atoms with E-state index in [9.17, 15) is 5.11 Å². The number of unbranched alkanes of at least 4 members (excludes halogenated alkanes) is 3. The topological polar surface area (TPSA) is 47.3 Å². The van der Waals surface area contributed by atoms with Crippen LogP contribution in [0.1, 0.15) is 96.6 Å². The zero-order valence-corrected chi connectivity index (χ0v) is 21.8. The highest BCUT2D eigenvalue weighted by molar-refractivity contribution is 5.85. The lowest BCUT2D eigenvalue weighted by Crippen LogP contribution is -2.45. The molecule has 2 heterocycles. The van der Waals surface area contributed by atoms with Crippen LogP contribution in [-0.2, 0) is 12.0 Å². The molecule has 1 aromatic carbocycles. The maximum atomic E-state index is 11.2. The zero-order valence-electron chi connectivity index (χ0n) is 20.9. The van der Waals surface area contributed by atoms with Gasteiger partial charge in [-0.15, -0.1) is 12.4 Å². The van der Waals surface area contributed by atoms with Gasteiger partial charge >= 0.3 is 0 Å². The third kappa shape index (κ3) is 5.42. The molecule has 0 bridgehead atoms. The van der Waals surface area contributed by atoms with Crippen molar-refractivity contribution in [2.24, 2.45) is 5.92 Å². The Bertz CT molecular complexity index is 963. The zero-order chi connectivity index (χ0) is 22.9. The minimum atomic E-state index is -0.259. The molecule has 1 aliphatic heterocycles. The number of ether oxygens (including phenoxy) is 1. The van der Waals surface area contributed by atoms with Gasteiger partial charge in [-0.2, -0.15) is 0 Å². The van der Waals surface area contributed by atoms with Crippen LogP contribution in [0.3, 0.4) is 0 Å². The van der Waals surface area contributed by atoms with E-state index in [0.717, 1.165) is 37.1 Å². The quantitative estimate of drug-likeness (QED) is 0.318. The van der Waals surface area contributed by atoms with Crippen LogP contribution in [0.2, 0.25) is 0 Å². The van der Waals surface area contributed by atoms with Gasteiger partial charge in [-0.3, -0.25) is 0 Å². The summed E-state index contributed by atoms with van der Waals surface area (Å²) in [5, 5.41) is 11.2. The third-order valence-corrected chi connectivity index (χ3v) is 7.77. The fraction of sp³-hybridized carbons (Fsp3) is 0.607. The fourth-order valence-corrected chi connectivity index (χ4v) is 5.74. The minimum absolute atomic E-state index is 0. The van der Waals surface area contributed by atoms with Gasteiger partial charge in [0.2, 0.25) is 0 Å². The van der Waals surface area contributed by atoms with Crippen molar-refractivity contribution in [3.05, 3.63) is 53.6 Å². The SMILES string of the molecule is CCCCCCC(C)(C)c1cc(O)c2c(c1)OC(C)(C)[C@H]1CC=C(Cn3ccnc3)C[C@H]21.Cl. The molecule has 182 valence electrons. The van der Waals surface area contributed by atoms with Crippen LogP contribution in [0.4, 0.5) is 0 Å². The number of rotatable bonds is 8. The molecule has 2 aliphatic rings. The van der Waals surface area contributed by atoms with Crippen LogP contribution in [0, 0.1) is 5.92 Å². The number of aromatic nitrogens is 2. The summed E-state index contributed by atoms with van der Waals surface area (Å²) in [5.74, 6) is 1.93. The summed E-state index contributed by atoms with van der Waals surface area (Å²) < 4.78 is 8.71. The first-order valence-corrected chi connectivity index (χ1v) is 12.4. The molecule has 4 nitrogen and oxygen atoms in total. The van der Waals surface area contributed by atoms with Gasteiger partial charge in [-0.05, 0) is 56.2 Å². The highest BCUT2D eigenvalue weighted by atomic mass is 35.5. The number of hydrogen-bond donors (Lipinski definition) is 1. The normalized spacial score (nSPS) is 21.3. The summed E-state index contributed by atoms with van der Waals surface area (Å²) >= 11 is 0. The van der Waals surface area contributed by atoms with Crippen molar-refractivity contribution in [1.29, 1.82) is 0 Å². The van der Waals surface area contributed by atoms with Gasteiger partial charge in [0.05, 0.1) is 6.33 Å². The van der Waals surface area contributed by atoms with Crippen molar-refractivity contribution in [1.82, 2.24) is 9.55 Å². The van der Waals surface area contributed by atoms with Crippen LogP contribution in [0.5, 0.6) is 11.5 Å². The second kappa shape index (κ2) is 10.1. The maximum Gasteiger partial charge on any atom is 0.127 e. The molecule has 2 aromatic rings. The van der Waals surface area contributed by atoms with E-state index in [1.807, 2.05) is 24.8 Å². The average molecular weight is 473 g/mol. The van der Waals surface area contributed by atoms with Crippen LogP contribution in [0.25, 0.3) is 0 Å². The predicted octanol–water partition coefficient (Wildman–Crippen LogP) is 7.55. The second-order valence-electron chi connectivity index (χ2n) is 11.1. The number of aromatic hydroxyl groups is 1. The molecule has 0 amide bonds. The lowest BCUT2D eigenvalue weighted by Gasteiger charge is -2.47. The maximum absolute atomic E-state index is 11.2. The smallest absolute Gasteiger partial charge is 0.127 e. The number of benzene rings is 1. The first-order chi connectivity index (χ1) is 15.2. The molecule has 0 radical (unpaired) electrons. The van der Waals surface area contributed by atoms with E-state index in [2.05, 4.69) is 56.3 Å². The number of phenols is 1. The largest absolute Gasteiger partial charge is 0.508 e. The van der Waals surface area contributed by atoms with Crippen LogP contribution in [0.15, 0.2) is 42.5 Å². The van der Waals surface area contributed by atoms with Gasteiger partial charge in [0.15, 0.2) is 0 Å². The molecule has 0 saturated carbocycles. The molecule has 2 atom stereocenters. The highest BCUT2D eigenvalue weighted by Crippen LogP contribution is 2.55. The number of nitrogens with zero attached hydrogens (tertiary/aromatic N) is 2. The summed E-state index contributed by atoms with van der Waals surface area (Å²) in [7, 11) is 0. The van der Waals surface area contributed by atoms with Crippen LogP contribution < -0.4 is 4.74 Å². The van der Waals surface area contributed by atoms with E-state index in [-0.39, 0.29) is 29.3 Å². The molecule has 0 fully saturated rings. The molecule has 33 heavy (non-hydrogen) atoms. The van der Waals surface area contributed by atoms with E-state index in [1.165, 1.54) is 36.8 Å². The number of fused-ring (bicyclic) bond motifs is 3. The standard InChI is InChI=1S/C28H40N2O2.ClH/c1-6-7-8-9-12-27(2,3)21-16-24(31)26-22-15-20(18-30-14-13-29-19-30)10-11-23(22)28(4,5)32-25(26)17-21;/h10,13-14,16-17,19,22-23,31H,6-9,11-12,15,18H2,1-5H3;1H/t22-,23-;/m0./s1. The Kier molecular flexibility index (Phi) is 7.88. The van der Waals surface area contributed by atoms with E-state index in [4.69, 9.17) is 4.74 Å². The Balaban J connectivity index is 0.00000306. The third-order valence-electron chi connectivity index (χ3n) is 7.77. The van der Waals surface area contributed by atoms with Crippen LogP contribution in [-0.4, -0.2) is 20.3 Å². The predicted molar refractivity (Wildman–Crippen MR) is 138 cm³/mol. The van der Waals surface area contributed by atoms with Gasteiger partial charge in [0, 0.05) is 36.3 Å². The molecule has 0 spiro atoms. The first-order valence-electron chi connectivity index (χ1n) is 12.4. The molecular formula is C28H41ClN2O2. The second-order valence-corrected chi connectivity index (χ2v) is 11.1. The number of hydrogen-bond acceptors (Lipinski definition) is 3. The average Bonchev–Trinajstić information content (AvgIpc) is 3.23. The van der Waals surface area contributed by atoms with Gasteiger partial charge in [-0.1, -0.05) is 58.1 Å². The first kappa shape index (κ1) is 25.7. The lowest BCUT2D eigenvalue weighted by atomic mass is 9.66. The summed E-state index contributed by atoms with van der Waals surface area (Å²) in [6, 6.07) is 4.24. The Morgan fingerprint density at radius 3 is 2.70 bits per heavy atom. The van der Waals surface area contributed by atoms with Crippen LogP contribution >= 0.6 is 12.4 Å². The Hall–Kier alpha value is -1.94. The van der Waals surface area contributed by atoms with Crippen molar-refractivity contribution < 1.29 is 9.84 Å². The fourth-order valence-electron chi connectivity index (χ4n) is 5.74. The van der Waals surface area contributed by atoms with Crippen molar-refractivity contribution in [2.45, 2.75) is 103 Å². The molecule has 1 N–H and O–H groups in total. The van der Waals surface area contributed by atoms with E-state index in [0.29, 0.717) is 11.7 Å². The lowest BCUT2D eigenvalue weighted by molar-refractivity contribution is 0.00707. The molecular weight excluding hydrogens is 432 g/mol. The van der Waals surface area contributed by atoms with Gasteiger partial charge in [-0.25, -0.2) is 4.98 Å². The van der Waals surface area contributed by atoms with Crippen molar-refractivity contribution in [3.8, 4) is 11.5 Å². The van der Waals surface area contributed by atoms with E-state index in [1.54, 1.807) is 0 Å². The molecule has 1 aliphatic carbocycles. The van der Waals surface area contributed by atoms with E-state index >= 15 is 0 Å². The Morgan fingerprint density at radius 2 is 2.00 bits per heavy atom. The van der Waals surface area contributed by atoms with Crippen molar-refractivity contribution >= 4 is 12.4 Å². The van der Waals surface area contributed by atoms with Gasteiger partial charge in [0.25, 0.3) is 0 Å². The molecule has 5 heteroatoms. The highest BCUT2D eigenvalue weighted by Gasteiger charge is 2.46. The number of allylic oxidation sites excluding steroid dienone is 2. The van der Waals surface area contributed by atoms with Crippen molar-refractivity contribution in [2.75, 3.05) is 0 Å². The molecule has 0 unspecified atom stereocenters. The molecule has 0 saturated heterocycles. The number of imidazole rings is 1. The summed E-state index contributed by atoms with van der Waals surface area (Å²) in [6.45, 7) is 12.1. The number of phenolic OH excluding ortho intramolecular Hbond substituents is 1.